The first-order valence-corrected chi connectivity index (χ1v) is 4.66. The van der Waals surface area contributed by atoms with Gasteiger partial charge in [-0.15, -0.1) is 0 Å². The summed E-state index contributed by atoms with van der Waals surface area (Å²) in [6.45, 7) is 1.24. The summed E-state index contributed by atoms with van der Waals surface area (Å²) < 4.78 is 0.866. The average Bonchev–Trinajstić information content (AvgIpc) is 2.03. The Kier molecular flexibility index (Phi) is 3.78. The van der Waals surface area contributed by atoms with Gasteiger partial charge in [0.25, 0.3) is 0 Å². The van der Waals surface area contributed by atoms with Crippen molar-refractivity contribution < 1.29 is 0 Å². The number of nitrogens with one attached hydrogen (secondary N) is 1. The van der Waals surface area contributed by atoms with Crippen LogP contribution in [0, 0.1) is 0 Å². The molecular formula is C7H9BrClN3. The van der Waals surface area contributed by atoms with Crippen LogP contribution in [-0.4, -0.2) is 18.1 Å². The smallest absolute Gasteiger partial charge is 0.144 e. The molecule has 1 aromatic rings. The Morgan fingerprint density at radius 3 is 3.00 bits per heavy atom. The minimum atomic E-state index is 0.564. The highest BCUT2D eigenvalue weighted by atomic mass is 79.9. The first-order valence-electron chi connectivity index (χ1n) is 3.49. The monoisotopic (exact) mass is 249 g/mol. The van der Waals surface area contributed by atoms with Crippen LogP contribution in [0.5, 0.6) is 0 Å². The molecule has 3 N–H and O–H groups in total. The van der Waals surface area contributed by atoms with Crippen molar-refractivity contribution in [2.45, 2.75) is 0 Å². The van der Waals surface area contributed by atoms with Gasteiger partial charge in [0.1, 0.15) is 5.82 Å². The van der Waals surface area contributed by atoms with Gasteiger partial charge in [-0.1, -0.05) is 11.6 Å². The molecular weight excluding hydrogens is 241 g/mol. The fourth-order valence-corrected chi connectivity index (χ4v) is 1.43. The van der Waals surface area contributed by atoms with Crippen molar-refractivity contribution >= 4 is 33.3 Å². The van der Waals surface area contributed by atoms with Gasteiger partial charge in [0, 0.05) is 23.8 Å². The van der Waals surface area contributed by atoms with E-state index in [0.717, 1.165) is 4.47 Å². The lowest BCUT2D eigenvalue weighted by Crippen LogP contribution is -2.14. The molecule has 3 nitrogen and oxygen atoms in total. The summed E-state index contributed by atoms with van der Waals surface area (Å²) in [4.78, 5) is 4.07. The minimum absolute atomic E-state index is 0.564. The van der Waals surface area contributed by atoms with Gasteiger partial charge in [0.15, 0.2) is 0 Å². The molecule has 0 radical (unpaired) electrons. The molecule has 0 spiro atoms. The van der Waals surface area contributed by atoms with E-state index in [1.807, 2.05) is 0 Å². The van der Waals surface area contributed by atoms with Crippen LogP contribution in [0.4, 0.5) is 5.82 Å². The number of hydrogen-bond acceptors (Lipinski definition) is 3. The summed E-state index contributed by atoms with van der Waals surface area (Å²) in [6, 6.07) is 1.79. The van der Waals surface area contributed by atoms with Gasteiger partial charge in [-0.05, 0) is 22.0 Å². The lowest BCUT2D eigenvalue weighted by molar-refractivity contribution is 1.01. The Morgan fingerprint density at radius 2 is 2.42 bits per heavy atom. The molecule has 66 valence electrons. The zero-order valence-electron chi connectivity index (χ0n) is 6.35. The maximum absolute atomic E-state index is 5.87. The predicted octanol–water partition coefficient (Wildman–Crippen LogP) is 1.87. The Hall–Kier alpha value is -0.320. The third kappa shape index (κ3) is 2.62. The highest BCUT2D eigenvalue weighted by molar-refractivity contribution is 9.10. The molecule has 1 aromatic heterocycles. The van der Waals surface area contributed by atoms with E-state index >= 15 is 0 Å². The summed E-state index contributed by atoms with van der Waals surface area (Å²) in [5, 5.41) is 3.60. The standard InChI is InChI=1S/C7H9BrClN3/c8-5-3-6(9)7(12-4-5)11-2-1-10/h3-4H,1-2,10H2,(H,11,12). The molecule has 0 fully saturated rings. The number of nitrogens with two attached hydrogens (primary N) is 1. The van der Waals surface area contributed by atoms with Crippen LogP contribution in [0.15, 0.2) is 16.7 Å². The third-order valence-corrected chi connectivity index (χ3v) is 1.97. The largest absolute Gasteiger partial charge is 0.368 e. The number of hydrogen-bond donors (Lipinski definition) is 2. The Balaban J connectivity index is 2.72. The summed E-state index contributed by atoms with van der Waals surface area (Å²) in [5.41, 5.74) is 5.31. The van der Waals surface area contributed by atoms with Crippen LogP contribution in [-0.2, 0) is 0 Å². The predicted molar refractivity (Wildman–Crippen MR) is 54.5 cm³/mol. The second-order valence-corrected chi connectivity index (χ2v) is 3.52. The molecule has 1 rings (SSSR count). The molecule has 0 aliphatic rings. The molecule has 0 unspecified atom stereocenters. The molecule has 0 amide bonds. The summed E-state index contributed by atoms with van der Waals surface area (Å²) in [7, 11) is 0. The average molecular weight is 251 g/mol. The molecule has 0 aliphatic carbocycles. The topological polar surface area (TPSA) is 50.9 Å². The number of pyridine rings is 1. The van der Waals surface area contributed by atoms with Crippen molar-refractivity contribution in [3.63, 3.8) is 0 Å². The highest BCUT2D eigenvalue weighted by Gasteiger charge is 2.00. The Bertz CT molecular complexity index is 267. The second kappa shape index (κ2) is 4.64. The van der Waals surface area contributed by atoms with Crippen molar-refractivity contribution in [2.75, 3.05) is 18.4 Å². The molecule has 0 saturated carbocycles. The van der Waals surface area contributed by atoms with E-state index in [1.54, 1.807) is 12.3 Å². The van der Waals surface area contributed by atoms with E-state index in [1.165, 1.54) is 0 Å². The molecule has 0 bridgehead atoms. The number of rotatable bonds is 3. The highest BCUT2D eigenvalue weighted by Crippen LogP contribution is 2.22. The van der Waals surface area contributed by atoms with Gasteiger partial charge in [-0.2, -0.15) is 0 Å². The zero-order chi connectivity index (χ0) is 8.97. The van der Waals surface area contributed by atoms with E-state index in [9.17, 15) is 0 Å². The van der Waals surface area contributed by atoms with Gasteiger partial charge >= 0.3 is 0 Å². The van der Waals surface area contributed by atoms with E-state index in [-0.39, 0.29) is 0 Å². The minimum Gasteiger partial charge on any atom is -0.368 e. The lowest BCUT2D eigenvalue weighted by atomic mass is 10.4. The summed E-state index contributed by atoms with van der Waals surface area (Å²) >= 11 is 9.13. The van der Waals surface area contributed by atoms with Crippen molar-refractivity contribution in [2.24, 2.45) is 5.73 Å². The Morgan fingerprint density at radius 1 is 1.67 bits per heavy atom. The maximum Gasteiger partial charge on any atom is 0.144 e. The fraction of sp³-hybridized carbons (Fsp3) is 0.286. The second-order valence-electron chi connectivity index (χ2n) is 2.20. The van der Waals surface area contributed by atoms with Crippen molar-refractivity contribution in [3.05, 3.63) is 21.8 Å². The first kappa shape index (κ1) is 9.77. The number of nitrogens with zero attached hydrogens (tertiary/aromatic N) is 1. The summed E-state index contributed by atoms with van der Waals surface area (Å²) in [6.07, 6.45) is 1.69. The quantitative estimate of drug-likeness (QED) is 0.861. The van der Waals surface area contributed by atoms with Crippen LogP contribution in [0.2, 0.25) is 5.02 Å². The molecule has 0 aliphatic heterocycles. The van der Waals surface area contributed by atoms with Gasteiger partial charge in [-0.3, -0.25) is 0 Å². The van der Waals surface area contributed by atoms with E-state index in [0.29, 0.717) is 23.9 Å². The lowest BCUT2D eigenvalue weighted by Gasteiger charge is -2.04. The van der Waals surface area contributed by atoms with Gasteiger partial charge in [0.2, 0.25) is 0 Å². The van der Waals surface area contributed by atoms with Crippen LogP contribution in [0.3, 0.4) is 0 Å². The third-order valence-electron chi connectivity index (χ3n) is 1.24. The van der Waals surface area contributed by atoms with Crippen LogP contribution in [0.1, 0.15) is 0 Å². The Labute approximate surface area is 84.4 Å². The molecule has 0 atom stereocenters. The molecule has 5 heteroatoms. The normalized spacial score (nSPS) is 9.92. The first-order chi connectivity index (χ1) is 5.74. The van der Waals surface area contributed by atoms with Crippen LogP contribution >= 0.6 is 27.5 Å². The van der Waals surface area contributed by atoms with Crippen molar-refractivity contribution in [1.82, 2.24) is 4.98 Å². The molecule has 1 heterocycles. The molecule has 0 saturated heterocycles. The van der Waals surface area contributed by atoms with E-state index < -0.39 is 0 Å². The molecule has 12 heavy (non-hydrogen) atoms. The van der Waals surface area contributed by atoms with E-state index in [2.05, 4.69) is 26.2 Å². The van der Waals surface area contributed by atoms with Crippen LogP contribution < -0.4 is 11.1 Å². The number of aromatic nitrogens is 1. The van der Waals surface area contributed by atoms with Gasteiger partial charge in [-0.25, -0.2) is 4.98 Å². The number of anilines is 1. The zero-order valence-corrected chi connectivity index (χ0v) is 8.69. The van der Waals surface area contributed by atoms with Gasteiger partial charge in [0.05, 0.1) is 5.02 Å². The maximum atomic E-state index is 5.87. The number of halogens is 2. The van der Waals surface area contributed by atoms with Crippen LogP contribution in [0.25, 0.3) is 0 Å². The SMILES string of the molecule is NCCNc1ncc(Br)cc1Cl. The van der Waals surface area contributed by atoms with E-state index in [4.69, 9.17) is 17.3 Å². The van der Waals surface area contributed by atoms with Crippen molar-refractivity contribution in [1.29, 1.82) is 0 Å². The fourth-order valence-electron chi connectivity index (χ4n) is 0.735. The van der Waals surface area contributed by atoms with Gasteiger partial charge < -0.3 is 11.1 Å². The summed E-state index contributed by atoms with van der Waals surface area (Å²) in [5.74, 6) is 0.672. The van der Waals surface area contributed by atoms with Crippen molar-refractivity contribution in [3.8, 4) is 0 Å². The molecule has 0 aromatic carbocycles.